The van der Waals surface area contributed by atoms with Crippen LogP contribution in [0.1, 0.15) is 6.42 Å². The van der Waals surface area contributed by atoms with Crippen molar-refractivity contribution >= 4 is 10.0 Å². The van der Waals surface area contributed by atoms with Crippen molar-refractivity contribution < 1.29 is 17.2 Å². The molecule has 104 valence electrons. The van der Waals surface area contributed by atoms with E-state index in [9.17, 15) is 17.2 Å². The van der Waals surface area contributed by atoms with Crippen molar-refractivity contribution in [1.29, 1.82) is 0 Å². The van der Waals surface area contributed by atoms with Crippen LogP contribution in [0, 0.1) is 11.6 Å². The first kappa shape index (κ1) is 14.1. The lowest BCUT2D eigenvalue weighted by Gasteiger charge is -2.14. The first-order chi connectivity index (χ1) is 8.97. The molecule has 0 saturated heterocycles. The maximum absolute atomic E-state index is 13.0. The van der Waals surface area contributed by atoms with Crippen LogP contribution in [0.3, 0.4) is 0 Å². The zero-order valence-corrected chi connectivity index (χ0v) is 10.9. The predicted octanol–water partition coefficient (Wildman–Crippen LogP) is 1.16. The van der Waals surface area contributed by atoms with Gasteiger partial charge in [-0.3, -0.25) is 0 Å². The third kappa shape index (κ3) is 3.82. The second kappa shape index (κ2) is 5.77. The Morgan fingerprint density at radius 3 is 2.47 bits per heavy atom. The molecule has 0 aromatic heterocycles. The fraction of sp³-hybridized carbons (Fsp3) is 0.333. The number of nitrogens with one attached hydrogen (secondary N) is 2. The average Bonchev–Trinajstić information content (AvgIpc) is 2.37. The second-order valence-electron chi connectivity index (χ2n) is 4.25. The zero-order chi connectivity index (χ0) is 13.9. The number of hydrogen-bond acceptors (Lipinski definition) is 3. The highest BCUT2D eigenvalue weighted by molar-refractivity contribution is 7.89. The Morgan fingerprint density at radius 1 is 1.21 bits per heavy atom. The minimum absolute atomic E-state index is 0.155. The number of rotatable bonds is 4. The molecule has 0 aliphatic carbocycles. The van der Waals surface area contributed by atoms with Gasteiger partial charge in [0.25, 0.3) is 0 Å². The summed E-state index contributed by atoms with van der Waals surface area (Å²) in [5, 5.41) is 3.11. The standard InChI is InChI=1S/C12H14F2N2O2S/c13-10-5-11(14)7-12(6-10)19(17,18)16-8-9-1-3-15-4-2-9/h1,5-7,15-16H,2-4,8H2. The highest BCUT2D eigenvalue weighted by Gasteiger charge is 2.17. The van der Waals surface area contributed by atoms with E-state index >= 15 is 0 Å². The monoisotopic (exact) mass is 288 g/mol. The van der Waals surface area contributed by atoms with Crippen molar-refractivity contribution in [3.05, 3.63) is 41.5 Å². The number of hydrogen-bond donors (Lipinski definition) is 2. The van der Waals surface area contributed by atoms with Gasteiger partial charge in [-0.2, -0.15) is 0 Å². The largest absolute Gasteiger partial charge is 0.313 e. The molecule has 2 N–H and O–H groups in total. The van der Waals surface area contributed by atoms with Gasteiger partial charge in [0.05, 0.1) is 4.90 Å². The van der Waals surface area contributed by atoms with Crippen molar-refractivity contribution in [2.45, 2.75) is 11.3 Å². The van der Waals surface area contributed by atoms with Gasteiger partial charge in [0.15, 0.2) is 0 Å². The minimum Gasteiger partial charge on any atom is -0.313 e. The van der Waals surface area contributed by atoms with E-state index in [1.807, 2.05) is 6.08 Å². The molecule has 1 aliphatic rings. The van der Waals surface area contributed by atoms with Gasteiger partial charge in [-0.25, -0.2) is 21.9 Å². The molecule has 0 fully saturated rings. The Kier molecular flexibility index (Phi) is 4.28. The lowest BCUT2D eigenvalue weighted by atomic mass is 10.1. The minimum atomic E-state index is -3.90. The summed E-state index contributed by atoms with van der Waals surface area (Å²) in [7, 11) is -3.90. The normalized spacial score (nSPS) is 16.2. The third-order valence-electron chi connectivity index (χ3n) is 2.79. The first-order valence-electron chi connectivity index (χ1n) is 5.82. The molecule has 2 rings (SSSR count). The fourth-order valence-electron chi connectivity index (χ4n) is 1.78. The Hall–Kier alpha value is -1.31. The summed E-state index contributed by atoms with van der Waals surface area (Å²) >= 11 is 0. The number of sulfonamides is 1. The highest BCUT2D eigenvalue weighted by atomic mass is 32.2. The molecule has 0 amide bonds. The van der Waals surface area contributed by atoms with Gasteiger partial charge >= 0.3 is 0 Å². The molecule has 0 radical (unpaired) electrons. The van der Waals surface area contributed by atoms with E-state index < -0.39 is 26.6 Å². The van der Waals surface area contributed by atoms with E-state index in [2.05, 4.69) is 10.0 Å². The van der Waals surface area contributed by atoms with E-state index in [0.717, 1.165) is 30.7 Å². The van der Waals surface area contributed by atoms with Crippen molar-refractivity contribution in [3.8, 4) is 0 Å². The van der Waals surface area contributed by atoms with Crippen LogP contribution in [-0.4, -0.2) is 28.1 Å². The van der Waals surface area contributed by atoms with E-state index in [1.54, 1.807) is 0 Å². The Bertz CT molecular complexity index is 579. The van der Waals surface area contributed by atoms with Crippen LogP contribution in [0.15, 0.2) is 34.7 Å². The van der Waals surface area contributed by atoms with Crippen molar-refractivity contribution in [2.75, 3.05) is 19.6 Å². The van der Waals surface area contributed by atoms with Gasteiger partial charge in [0.1, 0.15) is 11.6 Å². The molecular formula is C12H14F2N2O2S. The highest BCUT2D eigenvalue weighted by Crippen LogP contribution is 2.14. The Balaban J connectivity index is 2.11. The summed E-state index contributed by atoms with van der Waals surface area (Å²) in [6.45, 7) is 1.65. The average molecular weight is 288 g/mol. The Morgan fingerprint density at radius 2 is 1.89 bits per heavy atom. The van der Waals surface area contributed by atoms with Gasteiger partial charge in [-0.05, 0) is 25.1 Å². The number of benzene rings is 1. The summed E-state index contributed by atoms with van der Waals surface area (Å²) < 4.78 is 52.1. The summed E-state index contributed by atoms with van der Waals surface area (Å²) in [6.07, 6.45) is 2.65. The van der Waals surface area contributed by atoms with Crippen molar-refractivity contribution in [2.24, 2.45) is 0 Å². The van der Waals surface area contributed by atoms with Crippen LogP contribution >= 0.6 is 0 Å². The van der Waals surface area contributed by atoms with Gasteiger partial charge < -0.3 is 5.32 Å². The lowest BCUT2D eigenvalue weighted by molar-refractivity contribution is 0.562. The van der Waals surface area contributed by atoms with Gasteiger partial charge in [-0.15, -0.1) is 0 Å². The molecule has 1 aromatic carbocycles. The maximum Gasteiger partial charge on any atom is 0.241 e. The second-order valence-corrected chi connectivity index (χ2v) is 6.01. The molecule has 0 saturated carbocycles. The molecule has 4 nitrogen and oxygen atoms in total. The van der Waals surface area contributed by atoms with Crippen LogP contribution in [0.25, 0.3) is 0 Å². The van der Waals surface area contributed by atoms with Crippen molar-refractivity contribution in [1.82, 2.24) is 10.0 Å². The summed E-state index contributed by atoms with van der Waals surface area (Å²) in [4.78, 5) is -0.403. The van der Waals surface area contributed by atoms with Gasteiger partial charge in [0.2, 0.25) is 10.0 Å². The number of halogens is 2. The fourth-order valence-corrected chi connectivity index (χ4v) is 2.86. The van der Waals surface area contributed by atoms with E-state index in [1.165, 1.54) is 0 Å². The van der Waals surface area contributed by atoms with E-state index in [0.29, 0.717) is 12.6 Å². The lowest BCUT2D eigenvalue weighted by Crippen LogP contribution is -2.29. The van der Waals surface area contributed by atoms with E-state index in [-0.39, 0.29) is 6.54 Å². The molecule has 7 heteroatoms. The quantitative estimate of drug-likeness (QED) is 0.818. The topological polar surface area (TPSA) is 58.2 Å². The van der Waals surface area contributed by atoms with Crippen LogP contribution in [0.2, 0.25) is 0 Å². The van der Waals surface area contributed by atoms with Gasteiger partial charge in [-0.1, -0.05) is 11.6 Å². The molecule has 0 atom stereocenters. The molecule has 0 bridgehead atoms. The first-order valence-corrected chi connectivity index (χ1v) is 7.30. The predicted molar refractivity (Wildman–Crippen MR) is 67.1 cm³/mol. The van der Waals surface area contributed by atoms with Crippen LogP contribution in [0.4, 0.5) is 8.78 Å². The molecule has 0 spiro atoms. The zero-order valence-electron chi connectivity index (χ0n) is 10.1. The van der Waals surface area contributed by atoms with Crippen molar-refractivity contribution in [3.63, 3.8) is 0 Å². The molecular weight excluding hydrogens is 274 g/mol. The summed E-state index contributed by atoms with van der Waals surface area (Å²) in [6, 6.07) is 2.22. The summed E-state index contributed by atoms with van der Waals surface area (Å²) in [5.41, 5.74) is 0.958. The van der Waals surface area contributed by atoms with E-state index in [4.69, 9.17) is 0 Å². The van der Waals surface area contributed by atoms with Crippen LogP contribution < -0.4 is 10.0 Å². The summed E-state index contributed by atoms with van der Waals surface area (Å²) in [5.74, 6) is -1.83. The smallest absolute Gasteiger partial charge is 0.241 e. The van der Waals surface area contributed by atoms with Gasteiger partial charge in [0, 0.05) is 19.2 Å². The molecule has 1 aliphatic heterocycles. The maximum atomic E-state index is 13.0. The van der Waals surface area contributed by atoms with Crippen LogP contribution in [0.5, 0.6) is 0 Å². The molecule has 19 heavy (non-hydrogen) atoms. The third-order valence-corrected chi connectivity index (χ3v) is 4.17. The van der Waals surface area contributed by atoms with Crippen LogP contribution in [-0.2, 0) is 10.0 Å². The Labute approximate surface area is 110 Å². The molecule has 1 heterocycles. The SMILES string of the molecule is O=S(=O)(NCC1=CCNCC1)c1cc(F)cc(F)c1. The molecule has 0 unspecified atom stereocenters. The molecule has 1 aromatic rings.